The van der Waals surface area contributed by atoms with Crippen molar-refractivity contribution in [1.29, 1.82) is 0 Å². The van der Waals surface area contributed by atoms with Gasteiger partial charge in [0.05, 0.1) is 0 Å². The minimum atomic E-state index is -3.56. The van der Waals surface area contributed by atoms with E-state index < -0.39 is 10.0 Å². The van der Waals surface area contributed by atoms with Gasteiger partial charge in [0.2, 0.25) is 0 Å². The molecule has 0 atom stereocenters. The monoisotopic (exact) mass is 443 g/mol. The highest BCUT2D eigenvalue weighted by Gasteiger charge is 2.26. The molecule has 0 aliphatic carbocycles. The predicted octanol–water partition coefficient (Wildman–Crippen LogP) is 3.73. The van der Waals surface area contributed by atoms with E-state index in [1.165, 1.54) is 11.3 Å². The molecule has 0 unspecified atom stereocenters. The fourth-order valence-corrected chi connectivity index (χ4v) is 5.65. The number of hydrogen-bond donors (Lipinski definition) is 1. The third kappa shape index (κ3) is 4.89. The largest absolute Gasteiger partial charge is 0.303 e. The van der Waals surface area contributed by atoms with E-state index in [-0.39, 0.29) is 11.1 Å². The molecule has 0 saturated carbocycles. The van der Waals surface area contributed by atoms with E-state index in [0.29, 0.717) is 5.01 Å². The summed E-state index contributed by atoms with van der Waals surface area (Å²) < 4.78 is 29.1. The topological polar surface area (TPSA) is 62.3 Å². The van der Waals surface area contributed by atoms with E-state index in [0.717, 1.165) is 48.9 Å². The molecule has 0 radical (unpaired) electrons. The average Bonchev–Trinajstić information content (AvgIpc) is 3.08. The Labute approximate surface area is 161 Å². The van der Waals surface area contributed by atoms with Crippen molar-refractivity contribution < 1.29 is 8.42 Å². The number of piperidine rings is 1. The Morgan fingerprint density at radius 2 is 1.96 bits per heavy atom. The van der Waals surface area contributed by atoms with Crippen LogP contribution in [0, 0.1) is 0 Å². The van der Waals surface area contributed by atoms with Gasteiger partial charge >= 0.3 is 0 Å². The first-order chi connectivity index (χ1) is 12.0. The van der Waals surface area contributed by atoms with Gasteiger partial charge in [0.15, 0.2) is 5.03 Å². The summed E-state index contributed by atoms with van der Waals surface area (Å²) in [5.41, 5.74) is 0.919. The molecule has 1 saturated heterocycles. The highest BCUT2D eigenvalue weighted by Crippen LogP contribution is 2.27. The first kappa shape index (κ1) is 19.0. The molecule has 3 rings (SSSR count). The van der Waals surface area contributed by atoms with Gasteiger partial charge in [-0.15, -0.1) is 11.3 Å². The first-order valence-corrected chi connectivity index (χ1v) is 11.6. The number of likely N-dealkylation sites (tertiary alicyclic amines) is 1. The molecule has 136 valence electrons. The van der Waals surface area contributed by atoms with Crippen molar-refractivity contribution in [3.8, 4) is 10.6 Å². The molecule has 0 amide bonds. The van der Waals surface area contributed by atoms with Crippen LogP contribution in [0.3, 0.4) is 0 Å². The maximum absolute atomic E-state index is 12.6. The lowest BCUT2D eigenvalue weighted by molar-refractivity contribution is 0.208. The zero-order valence-corrected chi connectivity index (χ0v) is 17.3. The SMILES string of the molecule is CCCN1CCC(NS(=O)(=O)c2csc(-c3ccc(Br)cc3)n2)CC1. The van der Waals surface area contributed by atoms with Crippen molar-refractivity contribution >= 4 is 37.3 Å². The summed E-state index contributed by atoms with van der Waals surface area (Å²) in [5.74, 6) is 0. The van der Waals surface area contributed by atoms with E-state index >= 15 is 0 Å². The molecule has 1 aromatic heterocycles. The summed E-state index contributed by atoms with van der Waals surface area (Å²) in [4.78, 5) is 6.72. The van der Waals surface area contributed by atoms with Gasteiger partial charge in [-0.05, 0) is 51.0 Å². The highest BCUT2D eigenvalue weighted by molar-refractivity contribution is 9.10. The number of nitrogens with zero attached hydrogens (tertiary/aromatic N) is 2. The van der Waals surface area contributed by atoms with Crippen molar-refractivity contribution in [2.75, 3.05) is 19.6 Å². The number of sulfonamides is 1. The summed E-state index contributed by atoms with van der Waals surface area (Å²) in [5, 5.41) is 2.45. The standard InChI is InChI=1S/C17H22BrN3O2S2/c1-2-9-21-10-7-15(8-11-21)20-25(22,23)16-12-24-17(19-16)13-3-5-14(18)6-4-13/h3-6,12,15,20H,2,7-11H2,1H3. The Hall–Kier alpha value is -0.800. The fraction of sp³-hybridized carbons (Fsp3) is 0.471. The van der Waals surface area contributed by atoms with Gasteiger partial charge in [-0.2, -0.15) is 0 Å². The molecule has 0 spiro atoms. The average molecular weight is 444 g/mol. The molecule has 2 aromatic rings. The Bertz CT molecular complexity index is 798. The van der Waals surface area contributed by atoms with E-state index in [1.807, 2.05) is 24.3 Å². The molecular formula is C17H22BrN3O2S2. The summed E-state index contributed by atoms with van der Waals surface area (Å²) in [6, 6.07) is 7.70. The Morgan fingerprint density at radius 3 is 2.60 bits per heavy atom. The Morgan fingerprint density at radius 1 is 1.28 bits per heavy atom. The lowest BCUT2D eigenvalue weighted by Crippen LogP contribution is -2.44. The van der Waals surface area contributed by atoms with Crippen LogP contribution in [-0.2, 0) is 10.0 Å². The van der Waals surface area contributed by atoms with Crippen LogP contribution >= 0.6 is 27.3 Å². The smallest absolute Gasteiger partial charge is 0.259 e. The number of benzene rings is 1. The molecule has 1 fully saturated rings. The van der Waals surface area contributed by atoms with E-state index in [4.69, 9.17) is 0 Å². The van der Waals surface area contributed by atoms with E-state index in [2.05, 4.69) is 37.5 Å². The third-order valence-corrected chi connectivity index (χ3v) is 7.27. The molecule has 2 heterocycles. The van der Waals surface area contributed by atoms with Gasteiger partial charge in [-0.3, -0.25) is 0 Å². The van der Waals surface area contributed by atoms with Gasteiger partial charge in [-0.1, -0.05) is 35.0 Å². The maximum atomic E-state index is 12.6. The van der Waals surface area contributed by atoms with E-state index in [1.54, 1.807) is 5.38 Å². The zero-order valence-electron chi connectivity index (χ0n) is 14.1. The predicted molar refractivity (Wildman–Crippen MR) is 105 cm³/mol. The van der Waals surface area contributed by atoms with Crippen LogP contribution in [0.25, 0.3) is 10.6 Å². The van der Waals surface area contributed by atoms with Crippen LogP contribution in [0.15, 0.2) is 39.1 Å². The first-order valence-electron chi connectivity index (χ1n) is 8.44. The zero-order chi connectivity index (χ0) is 17.9. The number of aromatic nitrogens is 1. The van der Waals surface area contributed by atoms with Crippen LogP contribution < -0.4 is 4.72 Å². The van der Waals surface area contributed by atoms with Gasteiger partial charge in [0, 0.05) is 21.5 Å². The molecular weight excluding hydrogens is 422 g/mol. The number of nitrogens with one attached hydrogen (secondary N) is 1. The van der Waals surface area contributed by atoms with Gasteiger partial charge in [0.25, 0.3) is 10.0 Å². The molecule has 1 aliphatic heterocycles. The summed E-state index contributed by atoms with van der Waals surface area (Å²) in [7, 11) is -3.56. The van der Waals surface area contributed by atoms with Crippen molar-refractivity contribution in [2.45, 2.75) is 37.3 Å². The second-order valence-electron chi connectivity index (χ2n) is 6.23. The van der Waals surface area contributed by atoms with Crippen LogP contribution in [0.4, 0.5) is 0 Å². The van der Waals surface area contributed by atoms with Crippen molar-refractivity contribution in [1.82, 2.24) is 14.6 Å². The van der Waals surface area contributed by atoms with Gasteiger partial charge < -0.3 is 4.90 Å². The second kappa shape index (κ2) is 8.26. The van der Waals surface area contributed by atoms with Crippen LogP contribution in [0.2, 0.25) is 0 Å². The van der Waals surface area contributed by atoms with Crippen molar-refractivity contribution in [2.24, 2.45) is 0 Å². The highest BCUT2D eigenvalue weighted by atomic mass is 79.9. The molecule has 25 heavy (non-hydrogen) atoms. The minimum absolute atomic E-state index is 0.00376. The van der Waals surface area contributed by atoms with Crippen molar-refractivity contribution in [3.05, 3.63) is 34.1 Å². The van der Waals surface area contributed by atoms with Crippen LogP contribution in [-0.4, -0.2) is 44.0 Å². The summed E-state index contributed by atoms with van der Waals surface area (Å²) >= 11 is 4.75. The quantitative estimate of drug-likeness (QED) is 0.738. The number of halogens is 1. The second-order valence-corrected chi connectivity index (χ2v) is 9.67. The molecule has 8 heteroatoms. The van der Waals surface area contributed by atoms with E-state index in [9.17, 15) is 8.42 Å². The molecule has 5 nitrogen and oxygen atoms in total. The molecule has 1 aromatic carbocycles. The van der Waals surface area contributed by atoms with Gasteiger partial charge in [0.1, 0.15) is 5.01 Å². The molecule has 1 N–H and O–H groups in total. The summed E-state index contributed by atoms with van der Waals surface area (Å²) in [6.45, 7) is 5.15. The lowest BCUT2D eigenvalue weighted by atomic mass is 10.1. The van der Waals surface area contributed by atoms with Crippen molar-refractivity contribution in [3.63, 3.8) is 0 Å². The maximum Gasteiger partial charge on any atom is 0.259 e. The fourth-order valence-electron chi connectivity index (χ4n) is 2.98. The number of hydrogen-bond acceptors (Lipinski definition) is 5. The number of thiazole rings is 1. The third-order valence-electron chi connectivity index (χ3n) is 4.30. The van der Waals surface area contributed by atoms with Gasteiger partial charge in [-0.25, -0.2) is 18.1 Å². The molecule has 1 aliphatic rings. The lowest BCUT2D eigenvalue weighted by Gasteiger charge is -2.31. The summed E-state index contributed by atoms with van der Waals surface area (Å²) in [6.07, 6.45) is 2.83. The van der Waals surface area contributed by atoms with Crippen LogP contribution in [0.1, 0.15) is 26.2 Å². The normalized spacial score (nSPS) is 17.0. The van der Waals surface area contributed by atoms with Crippen LogP contribution in [0.5, 0.6) is 0 Å². The Kier molecular flexibility index (Phi) is 6.27. The molecule has 0 bridgehead atoms. The Balaban J connectivity index is 1.66. The minimum Gasteiger partial charge on any atom is -0.303 e. The number of rotatable bonds is 6.